The molecule has 2 rings (SSSR count). The maximum Gasteiger partial charge on any atom is 0.191 e. The van der Waals surface area contributed by atoms with Gasteiger partial charge in [-0.3, -0.25) is 0 Å². The van der Waals surface area contributed by atoms with Crippen molar-refractivity contribution in [1.29, 1.82) is 0 Å². The van der Waals surface area contributed by atoms with Gasteiger partial charge in [-0.05, 0) is 30.5 Å². The van der Waals surface area contributed by atoms with Crippen LogP contribution in [0.25, 0.3) is 0 Å². The summed E-state index contributed by atoms with van der Waals surface area (Å²) in [6.45, 7) is 10.2. The van der Waals surface area contributed by atoms with Gasteiger partial charge < -0.3 is 20.1 Å². The van der Waals surface area contributed by atoms with Crippen molar-refractivity contribution in [2.24, 2.45) is 10.9 Å². The molecule has 0 saturated carbocycles. The molecule has 0 atom stereocenters. The minimum atomic E-state index is 0. The van der Waals surface area contributed by atoms with Crippen molar-refractivity contribution in [1.82, 2.24) is 10.6 Å². The van der Waals surface area contributed by atoms with Crippen LogP contribution in [-0.4, -0.2) is 32.3 Å². The Morgan fingerprint density at radius 2 is 1.91 bits per heavy atom. The van der Waals surface area contributed by atoms with Gasteiger partial charge in [0, 0.05) is 19.5 Å². The van der Waals surface area contributed by atoms with Crippen LogP contribution in [0.4, 0.5) is 0 Å². The summed E-state index contributed by atoms with van der Waals surface area (Å²) in [7, 11) is 0. The molecule has 0 spiro atoms. The smallest absolute Gasteiger partial charge is 0.191 e. The van der Waals surface area contributed by atoms with E-state index in [1.54, 1.807) is 0 Å². The molecule has 1 heterocycles. The Morgan fingerprint density at radius 1 is 1.17 bits per heavy atom. The number of guanidine groups is 1. The van der Waals surface area contributed by atoms with E-state index in [0.717, 1.165) is 42.5 Å². The molecule has 0 unspecified atom stereocenters. The Kier molecular flexibility index (Phi) is 9.13. The number of aliphatic imine (C=N–C) groups is 1. The molecule has 0 fully saturated rings. The number of hydrogen-bond acceptors (Lipinski definition) is 3. The normalized spacial score (nSPS) is 14.0. The Hall–Kier alpha value is -1.18. The number of fused-ring (bicyclic) bond motifs is 1. The summed E-state index contributed by atoms with van der Waals surface area (Å²) in [4.78, 5) is 4.63. The Morgan fingerprint density at radius 3 is 2.61 bits per heavy atom. The Labute approximate surface area is 156 Å². The lowest BCUT2D eigenvalue weighted by molar-refractivity contribution is 0.297. The van der Waals surface area contributed by atoms with E-state index in [2.05, 4.69) is 36.4 Å². The molecule has 1 aliphatic heterocycles. The van der Waals surface area contributed by atoms with Crippen LogP contribution in [0.3, 0.4) is 0 Å². The molecule has 0 amide bonds. The predicted molar refractivity (Wildman–Crippen MR) is 105 cm³/mol. The van der Waals surface area contributed by atoms with Gasteiger partial charge in [-0.25, -0.2) is 4.99 Å². The van der Waals surface area contributed by atoms with Gasteiger partial charge in [0.25, 0.3) is 0 Å². The van der Waals surface area contributed by atoms with Crippen LogP contribution < -0.4 is 20.1 Å². The number of nitrogens with one attached hydrogen (secondary N) is 2. The lowest BCUT2D eigenvalue weighted by atomic mass is 10.2. The second-order valence-corrected chi connectivity index (χ2v) is 5.80. The zero-order valence-electron chi connectivity index (χ0n) is 14.2. The average Bonchev–Trinajstić information content (AvgIpc) is 2.74. The zero-order chi connectivity index (χ0) is 15.8. The highest BCUT2D eigenvalue weighted by atomic mass is 127. The third-order valence-corrected chi connectivity index (χ3v) is 3.25. The van der Waals surface area contributed by atoms with Crippen molar-refractivity contribution in [2.75, 3.05) is 26.3 Å². The molecule has 130 valence electrons. The van der Waals surface area contributed by atoms with Crippen molar-refractivity contribution in [3.05, 3.63) is 23.8 Å². The van der Waals surface area contributed by atoms with E-state index >= 15 is 0 Å². The lowest BCUT2D eigenvalue weighted by Gasteiger charge is -2.13. The highest BCUT2D eigenvalue weighted by molar-refractivity contribution is 14.0. The standard InChI is InChI=1S/C17H27N3O2.HI/c1-4-18-17(19-11-13(2)3)20-12-14-6-7-15-16(10-14)22-9-5-8-21-15;/h6-7,10,13H,4-5,8-9,11-12H2,1-3H3,(H2,18,19,20);1H. The fraction of sp³-hybridized carbons (Fsp3) is 0.588. The number of nitrogens with zero attached hydrogens (tertiary/aromatic N) is 1. The van der Waals surface area contributed by atoms with E-state index in [1.807, 2.05) is 18.2 Å². The highest BCUT2D eigenvalue weighted by Crippen LogP contribution is 2.30. The second-order valence-electron chi connectivity index (χ2n) is 5.80. The van der Waals surface area contributed by atoms with Crippen molar-refractivity contribution >= 4 is 29.9 Å². The SMILES string of the molecule is CCNC(=NCc1ccc2c(c1)OCCCO2)NCC(C)C.I. The Balaban J connectivity index is 0.00000264. The molecule has 6 heteroatoms. The third-order valence-electron chi connectivity index (χ3n) is 3.25. The molecule has 1 aromatic carbocycles. The number of rotatable bonds is 5. The molecule has 2 N–H and O–H groups in total. The van der Waals surface area contributed by atoms with Gasteiger partial charge in [-0.1, -0.05) is 19.9 Å². The van der Waals surface area contributed by atoms with Gasteiger partial charge in [0.15, 0.2) is 17.5 Å². The monoisotopic (exact) mass is 433 g/mol. The molecular formula is C17H28IN3O2. The van der Waals surface area contributed by atoms with Gasteiger partial charge in [-0.2, -0.15) is 0 Å². The molecule has 0 bridgehead atoms. The quantitative estimate of drug-likeness (QED) is 0.426. The fourth-order valence-corrected chi connectivity index (χ4v) is 2.12. The van der Waals surface area contributed by atoms with Gasteiger partial charge in [0.1, 0.15) is 0 Å². The zero-order valence-corrected chi connectivity index (χ0v) is 16.6. The minimum Gasteiger partial charge on any atom is -0.490 e. The number of benzene rings is 1. The molecule has 0 aromatic heterocycles. The van der Waals surface area contributed by atoms with Crippen LogP contribution in [0.5, 0.6) is 11.5 Å². The number of hydrogen-bond donors (Lipinski definition) is 2. The van der Waals surface area contributed by atoms with Crippen LogP contribution >= 0.6 is 24.0 Å². The van der Waals surface area contributed by atoms with Gasteiger partial charge in [-0.15, -0.1) is 24.0 Å². The first kappa shape index (κ1) is 19.9. The van der Waals surface area contributed by atoms with Crippen LogP contribution in [-0.2, 0) is 6.54 Å². The first-order valence-electron chi connectivity index (χ1n) is 8.09. The summed E-state index contributed by atoms with van der Waals surface area (Å²) in [6.07, 6.45) is 0.922. The first-order valence-corrected chi connectivity index (χ1v) is 8.09. The average molecular weight is 433 g/mol. The Bertz CT molecular complexity index is 507. The van der Waals surface area contributed by atoms with Gasteiger partial charge in [0.05, 0.1) is 19.8 Å². The summed E-state index contributed by atoms with van der Waals surface area (Å²) < 4.78 is 11.4. The second kappa shape index (κ2) is 10.6. The van der Waals surface area contributed by atoms with Crippen LogP contribution in [0.2, 0.25) is 0 Å². The fourth-order valence-electron chi connectivity index (χ4n) is 2.12. The molecule has 1 aromatic rings. The third kappa shape index (κ3) is 6.85. The molecule has 0 radical (unpaired) electrons. The van der Waals surface area contributed by atoms with Crippen LogP contribution in [0.15, 0.2) is 23.2 Å². The number of ether oxygens (including phenoxy) is 2. The van der Waals surface area contributed by atoms with Crippen molar-refractivity contribution in [3.63, 3.8) is 0 Å². The van der Waals surface area contributed by atoms with Gasteiger partial charge in [0.2, 0.25) is 0 Å². The maximum atomic E-state index is 5.72. The van der Waals surface area contributed by atoms with Crippen molar-refractivity contribution in [3.8, 4) is 11.5 Å². The maximum absolute atomic E-state index is 5.72. The molecule has 23 heavy (non-hydrogen) atoms. The molecule has 1 aliphatic rings. The van der Waals surface area contributed by atoms with Crippen molar-refractivity contribution in [2.45, 2.75) is 33.7 Å². The van der Waals surface area contributed by atoms with E-state index in [4.69, 9.17) is 9.47 Å². The molecular weight excluding hydrogens is 405 g/mol. The summed E-state index contributed by atoms with van der Waals surface area (Å²) in [5, 5.41) is 6.61. The number of halogens is 1. The highest BCUT2D eigenvalue weighted by Gasteiger charge is 2.10. The van der Waals surface area contributed by atoms with Crippen LogP contribution in [0.1, 0.15) is 32.8 Å². The molecule has 0 aliphatic carbocycles. The lowest BCUT2D eigenvalue weighted by Crippen LogP contribution is -2.39. The summed E-state index contributed by atoms with van der Waals surface area (Å²) in [6, 6.07) is 6.04. The summed E-state index contributed by atoms with van der Waals surface area (Å²) in [5.74, 6) is 3.09. The topological polar surface area (TPSA) is 54.9 Å². The predicted octanol–water partition coefficient (Wildman–Crippen LogP) is 3.18. The van der Waals surface area contributed by atoms with Crippen LogP contribution in [0, 0.1) is 5.92 Å². The molecule has 0 saturated heterocycles. The minimum absolute atomic E-state index is 0. The van der Waals surface area contributed by atoms with Gasteiger partial charge >= 0.3 is 0 Å². The first-order chi connectivity index (χ1) is 10.7. The molecule has 5 nitrogen and oxygen atoms in total. The van der Waals surface area contributed by atoms with Crippen molar-refractivity contribution < 1.29 is 9.47 Å². The summed E-state index contributed by atoms with van der Waals surface area (Å²) in [5.41, 5.74) is 1.12. The summed E-state index contributed by atoms with van der Waals surface area (Å²) >= 11 is 0. The van der Waals surface area contributed by atoms with E-state index in [0.29, 0.717) is 25.7 Å². The van der Waals surface area contributed by atoms with E-state index in [1.165, 1.54) is 0 Å². The van der Waals surface area contributed by atoms with E-state index in [9.17, 15) is 0 Å². The largest absolute Gasteiger partial charge is 0.490 e. The van der Waals surface area contributed by atoms with E-state index < -0.39 is 0 Å². The van der Waals surface area contributed by atoms with E-state index in [-0.39, 0.29) is 24.0 Å².